The van der Waals surface area contributed by atoms with Crippen molar-refractivity contribution in [3.05, 3.63) is 35.4 Å². The fraction of sp³-hybridized carbons (Fsp3) is 0.462. The summed E-state index contributed by atoms with van der Waals surface area (Å²) < 4.78 is 0. The minimum absolute atomic E-state index is 0.0746. The lowest BCUT2D eigenvalue weighted by molar-refractivity contribution is -0.121. The average molecular weight is 220 g/mol. The Labute approximate surface area is 97.2 Å². The van der Waals surface area contributed by atoms with Crippen LogP contribution in [0.3, 0.4) is 0 Å². The Hall–Kier alpha value is -1.35. The van der Waals surface area contributed by atoms with Crippen LogP contribution in [0.5, 0.6) is 0 Å². The third-order valence-corrected chi connectivity index (χ3v) is 2.63. The number of nitrogens with one attached hydrogen (secondary N) is 2. The van der Waals surface area contributed by atoms with E-state index in [-0.39, 0.29) is 11.9 Å². The van der Waals surface area contributed by atoms with Crippen molar-refractivity contribution in [1.29, 1.82) is 0 Å². The van der Waals surface area contributed by atoms with Crippen LogP contribution >= 0.6 is 0 Å². The summed E-state index contributed by atoms with van der Waals surface area (Å²) >= 11 is 0. The van der Waals surface area contributed by atoms with Gasteiger partial charge < -0.3 is 10.6 Å². The van der Waals surface area contributed by atoms with Gasteiger partial charge >= 0.3 is 0 Å². The van der Waals surface area contributed by atoms with E-state index in [4.69, 9.17) is 0 Å². The van der Waals surface area contributed by atoms with Crippen molar-refractivity contribution >= 4 is 5.91 Å². The van der Waals surface area contributed by atoms with E-state index in [9.17, 15) is 4.79 Å². The van der Waals surface area contributed by atoms with E-state index in [0.29, 0.717) is 13.0 Å². The SMILES string of the molecule is CNCCC(=O)N[C@H](C)c1ccccc1C. The standard InChI is InChI=1S/C13H20N2O/c1-10-6-4-5-7-12(10)11(2)15-13(16)8-9-14-3/h4-7,11,14H,8-9H2,1-3H3,(H,15,16)/t11-/m1/s1. The first-order chi connectivity index (χ1) is 7.65. The van der Waals surface area contributed by atoms with Gasteiger partial charge in [-0.05, 0) is 32.0 Å². The van der Waals surface area contributed by atoms with Gasteiger partial charge in [-0.25, -0.2) is 0 Å². The van der Waals surface area contributed by atoms with Crippen LogP contribution in [0, 0.1) is 6.92 Å². The third kappa shape index (κ3) is 3.66. The molecule has 88 valence electrons. The van der Waals surface area contributed by atoms with Crippen molar-refractivity contribution in [2.45, 2.75) is 26.3 Å². The molecule has 0 aliphatic rings. The summed E-state index contributed by atoms with van der Waals surface area (Å²) in [5.74, 6) is 0.0881. The molecule has 0 saturated carbocycles. The molecule has 0 fully saturated rings. The minimum atomic E-state index is 0.0746. The molecule has 0 heterocycles. The predicted molar refractivity (Wildman–Crippen MR) is 66.3 cm³/mol. The van der Waals surface area contributed by atoms with Gasteiger partial charge in [-0.2, -0.15) is 0 Å². The van der Waals surface area contributed by atoms with E-state index >= 15 is 0 Å². The van der Waals surface area contributed by atoms with Gasteiger partial charge in [0.05, 0.1) is 6.04 Å². The van der Waals surface area contributed by atoms with E-state index in [1.165, 1.54) is 11.1 Å². The molecule has 2 N–H and O–H groups in total. The highest BCUT2D eigenvalue weighted by atomic mass is 16.1. The fourth-order valence-electron chi connectivity index (χ4n) is 1.70. The molecule has 0 bridgehead atoms. The smallest absolute Gasteiger partial charge is 0.221 e. The maximum Gasteiger partial charge on any atom is 0.221 e. The molecular weight excluding hydrogens is 200 g/mol. The van der Waals surface area contributed by atoms with Crippen molar-refractivity contribution < 1.29 is 4.79 Å². The lowest BCUT2D eigenvalue weighted by atomic mass is 10.0. The summed E-state index contributed by atoms with van der Waals surface area (Å²) in [6.07, 6.45) is 0.521. The second-order valence-electron chi connectivity index (χ2n) is 4.00. The topological polar surface area (TPSA) is 41.1 Å². The van der Waals surface area contributed by atoms with Gasteiger partial charge in [-0.1, -0.05) is 24.3 Å². The number of hydrogen-bond donors (Lipinski definition) is 2. The molecule has 1 aromatic carbocycles. The Morgan fingerprint density at radius 1 is 1.38 bits per heavy atom. The molecule has 0 saturated heterocycles. The van der Waals surface area contributed by atoms with Crippen molar-refractivity contribution in [3.63, 3.8) is 0 Å². The van der Waals surface area contributed by atoms with Crippen molar-refractivity contribution in [2.24, 2.45) is 0 Å². The highest BCUT2D eigenvalue weighted by molar-refractivity contribution is 5.76. The highest BCUT2D eigenvalue weighted by Gasteiger charge is 2.10. The van der Waals surface area contributed by atoms with E-state index in [2.05, 4.69) is 29.7 Å². The molecule has 0 aliphatic heterocycles. The molecule has 3 heteroatoms. The first kappa shape index (κ1) is 12.7. The van der Waals surface area contributed by atoms with Gasteiger partial charge in [0.1, 0.15) is 0 Å². The Bertz CT molecular complexity index is 350. The van der Waals surface area contributed by atoms with Gasteiger partial charge in [0, 0.05) is 13.0 Å². The number of carbonyl (C=O) groups is 1. The van der Waals surface area contributed by atoms with Crippen LogP contribution in [0.4, 0.5) is 0 Å². The molecule has 0 unspecified atom stereocenters. The van der Waals surface area contributed by atoms with E-state index < -0.39 is 0 Å². The van der Waals surface area contributed by atoms with E-state index in [0.717, 1.165) is 0 Å². The highest BCUT2D eigenvalue weighted by Crippen LogP contribution is 2.16. The molecule has 0 spiro atoms. The number of benzene rings is 1. The van der Waals surface area contributed by atoms with Crippen LogP contribution in [0.1, 0.15) is 30.5 Å². The first-order valence-electron chi connectivity index (χ1n) is 5.64. The van der Waals surface area contributed by atoms with Crippen LogP contribution in [0.15, 0.2) is 24.3 Å². The van der Waals surface area contributed by atoms with Crippen LogP contribution in [-0.4, -0.2) is 19.5 Å². The first-order valence-corrected chi connectivity index (χ1v) is 5.64. The molecule has 1 aromatic rings. The normalized spacial score (nSPS) is 12.2. The second-order valence-corrected chi connectivity index (χ2v) is 4.00. The number of amides is 1. The summed E-state index contributed by atoms with van der Waals surface area (Å²) in [5.41, 5.74) is 2.39. The van der Waals surface area contributed by atoms with Crippen molar-refractivity contribution in [2.75, 3.05) is 13.6 Å². The molecular formula is C13H20N2O. The average Bonchev–Trinajstić information content (AvgIpc) is 2.26. The molecule has 0 aromatic heterocycles. The minimum Gasteiger partial charge on any atom is -0.350 e. The van der Waals surface area contributed by atoms with Crippen LogP contribution < -0.4 is 10.6 Å². The number of aryl methyl sites for hydroxylation is 1. The van der Waals surface area contributed by atoms with Crippen molar-refractivity contribution in [3.8, 4) is 0 Å². The van der Waals surface area contributed by atoms with Crippen LogP contribution in [-0.2, 0) is 4.79 Å². The molecule has 16 heavy (non-hydrogen) atoms. The molecule has 1 atom stereocenters. The molecule has 1 rings (SSSR count). The summed E-state index contributed by atoms with van der Waals surface area (Å²) in [4.78, 5) is 11.5. The van der Waals surface area contributed by atoms with Gasteiger partial charge in [0.2, 0.25) is 5.91 Å². The zero-order valence-electron chi connectivity index (χ0n) is 10.2. The second kappa shape index (κ2) is 6.28. The Morgan fingerprint density at radius 2 is 2.06 bits per heavy atom. The fourth-order valence-corrected chi connectivity index (χ4v) is 1.70. The summed E-state index contributed by atoms with van der Waals surface area (Å²) in [5, 5.41) is 5.96. The lowest BCUT2D eigenvalue weighted by Gasteiger charge is -2.16. The van der Waals surface area contributed by atoms with Gasteiger partial charge in [0.25, 0.3) is 0 Å². The Kier molecular flexibility index (Phi) is 4.99. The van der Waals surface area contributed by atoms with Crippen LogP contribution in [0.2, 0.25) is 0 Å². The maximum absolute atomic E-state index is 11.5. The Balaban J connectivity index is 2.55. The predicted octanol–water partition coefficient (Wildman–Crippen LogP) is 1.78. The van der Waals surface area contributed by atoms with Gasteiger partial charge in [-0.3, -0.25) is 4.79 Å². The largest absolute Gasteiger partial charge is 0.350 e. The number of rotatable bonds is 5. The van der Waals surface area contributed by atoms with Gasteiger partial charge in [0.15, 0.2) is 0 Å². The van der Waals surface area contributed by atoms with Crippen molar-refractivity contribution in [1.82, 2.24) is 10.6 Å². The van der Waals surface area contributed by atoms with Gasteiger partial charge in [-0.15, -0.1) is 0 Å². The number of carbonyl (C=O) groups excluding carboxylic acids is 1. The van der Waals surface area contributed by atoms with E-state index in [1.807, 2.05) is 26.1 Å². The molecule has 1 amide bonds. The molecule has 3 nitrogen and oxygen atoms in total. The van der Waals surface area contributed by atoms with E-state index in [1.54, 1.807) is 0 Å². The maximum atomic E-state index is 11.5. The molecule has 0 radical (unpaired) electrons. The summed E-state index contributed by atoms with van der Waals surface area (Å²) in [7, 11) is 1.85. The lowest BCUT2D eigenvalue weighted by Crippen LogP contribution is -2.29. The summed E-state index contributed by atoms with van der Waals surface area (Å²) in [6.45, 7) is 4.79. The quantitative estimate of drug-likeness (QED) is 0.794. The zero-order valence-corrected chi connectivity index (χ0v) is 10.2. The molecule has 0 aliphatic carbocycles. The Morgan fingerprint density at radius 3 is 2.69 bits per heavy atom. The monoisotopic (exact) mass is 220 g/mol. The van der Waals surface area contributed by atoms with Crippen LogP contribution in [0.25, 0.3) is 0 Å². The summed E-state index contributed by atoms with van der Waals surface area (Å²) in [6, 6.07) is 8.20. The third-order valence-electron chi connectivity index (χ3n) is 2.63. The number of hydrogen-bond acceptors (Lipinski definition) is 2. The zero-order chi connectivity index (χ0) is 12.0.